The first-order valence-electron chi connectivity index (χ1n) is 8.29. The van der Waals surface area contributed by atoms with Crippen LogP contribution in [0.5, 0.6) is 5.75 Å². The van der Waals surface area contributed by atoms with Crippen LogP contribution in [0.15, 0.2) is 42.5 Å². The van der Waals surface area contributed by atoms with Crippen LogP contribution in [0.3, 0.4) is 0 Å². The number of rotatable bonds is 5. The molecular formula is C19H19N3O5. The van der Waals surface area contributed by atoms with E-state index >= 15 is 0 Å². The largest absolute Gasteiger partial charge is 0.496 e. The molecule has 1 aliphatic rings. The van der Waals surface area contributed by atoms with Crippen LogP contribution in [-0.4, -0.2) is 28.9 Å². The molecule has 0 aliphatic carbocycles. The molecule has 8 nitrogen and oxygen atoms in total. The van der Waals surface area contributed by atoms with E-state index in [2.05, 4.69) is 5.32 Å². The number of aryl methyl sites for hydroxylation is 1. The number of ether oxygens (including phenoxy) is 1. The van der Waals surface area contributed by atoms with Crippen molar-refractivity contribution >= 4 is 17.6 Å². The second-order valence-corrected chi connectivity index (χ2v) is 6.57. The van der Waals surface area contributed by atoms with Gasteiger partial charge in [0.1, 0.15) is 11.3 Å². The summed E-state index contributed by atoms with van der Waals surface area (Å²) in [6, 6.07) is 10.7. The zero-order valence-electron chi connectivity index (χ0n) is 15.2. The maximum Gasteiger partial charge on any atom is 0.325 e. The maximum atomic E-state index is 13.1. The molecule has 1 heterocycles. The molecule has 2 aromatic carbocycles. The van der Waals surface area contributed by atoms with E-state index in [1.807, 2.05) is 19.1 Å². The van der Waals surface area contributed by atoms with Crippen molar-refractivity contribution in [3.63, 3.8) is 0 Å². The molecule has 1 atom stereocenters. The minimum atomic E-state index is -1.25. The van der Waals surface area contributed by atoms with E-state index in [-0.39, 0.29) is 12.2 Å². The van der Waals surface area contributed by atoms with Crippen molar-refractivity contribution < 1.29 is 19.2 Å². The molecule has 0 aromatic heterocycles. The van der Waals surface area contributed by atoms with Gasteiger partial charge in [-0.2, -0.15) is 0 Å². The minimum Gasteiger partial charge on any atom is -0.496 e. The highest BCUT2D eigenvalue weighted by Gasteiger charge is 2.50. The second kappa shape index (κ2) is 6.71. The van der Waals surface area contributed by atoms with Crippen molar-refractivity contribution in [2.75, 3.05) is 7.11 Å². The molecule has 1 aliphatic heterocycles. The summed E-state index contributed by atoms with van der Waals surface area (Å²) >= 11 is 0. The first-order chi connectivity index (χ1) is 12.8. The van der Waals surface area contributed by atoms with Crippen LogP contribution in [0.2, 0.25) is 0 Å². The van der Waals surface area contributed by atoms with Crippen LogP contribution in [0.4, 0.5) is 10.5 Å². The lowest BCUT2D eigenvalue weighted by Crippen LogP contribution is -2.41. The number of nitrogens with zero attached hydrogens (tertiary/aromatic N) is 2. The molecule has 3 rings (SSSR count). The Morgan fingerprint density at radius 3 is 2.44 bits per heavy atom. The van der Waals surface area contributed by atoms with Gasteiger partial charge in [0.25, 0.3) is 11.6 Å². The average Bonchev–Trinajstić information content (AvgIpc) is 2.86. The Kier molecular flexibility index (Phi) is 4.57. The molecule has 0 bridgehead atoms. The smallest absolute Gasteiger partial charge is 0.325 e. The van der Waals surface area contributed by atoms with E-state index in [1.165, 1.54) is 31.4 Å². The summed E-state index contributed by atoms with van der Waals surface area (Å²) in [5, 5.41) is 13.5. The average molecular weight is 369 g/mol. The number of hydrogen-bond acceptors (Lipinski definition) is 5. The quantitative estimate of drug-likeness (QED) is 0.496. The molecule has 0 saturated carbocycles. The van der Waals surface area contributed by atoms with E-state index in [1.54, 1.807) is 13.0 Å². The van der Waals surface area contributed by atoms with Crippen LogP contribution in [0, 0.1) is 17.0 Å². The summed E-state index contributed by atoms with van der Waals surface area (Å²) in [7, 11) is 1.51. The zero-order chi connectivity index (χ0) is 19.8. The molecule has 2 aromatic rings. The Morgan fingerprint density at radius 2 is 1.85 bits per heavy atom. The van der Waals surface area contributed by atoms with Gasteiger partial charge in [-0.3, -0.25) is 19.8 Å². The van der Waals surface area contributed by atoms with Crippen LogP contribution in [0.1, 0.15) is 23.6 Å². The van der Waals surface area contributed by atoms with Gasteiger partial charge in [0.05, 0.1) is 18.6 Å². The molecule has 3 amide bonds. The summed E-state index contributed by atoms with van der Waals surface area (Å²) in [5.74, 6) is 0.101. The third-order valence-corrected chi connectivity index (χ3v) is 4.66. The number of benzene rings is 2. The number of carbonyl (C=O) groups is 2. The van der Waals surface area contributed by atoms with Crippen molar-refractivity contribution in [3.8, 4) is 5.75 Å². The fraction of sp³-hybridized carbons (Fsp3) is 0.263. The summed E-state index contributed by atoms with van der Waals surface area (Å²) in [6.45, 7) is 3.55. The molecule has 0 radical (unpaired) electrons. The van der Waals surface area contributed by atoms with E-state index in [4.69, 9.17) is 4.74 Å². The number of nitro benzene ring substituents is 1. The fourth-order valence-electron chi connectivity index (χ4n) is 3.14. The summed E-state index contributed by atoms with van der Waals surface area (Å²) < 4.78 is 5.36. The molecule has 0 spiro atoms. The summed E-state index contributed by atoms with van der Waals surface area (Å²) in [4.78, 5) is 36.9. The van der Waals surface area contributed by atoms with Crippen LogP contribution in [0.25, 0.3) is 0 Å². The first kappa shape index (κ1) is 18.4. The molecular weight excluding hydrogens is 350 g/mol. The number of amides is 3. The van der Waals surface area contributed by atoms with Crippen molar-refractivity contribution in [3.05, 3.63) is 69.3 Å². The number of urea groups is 1. The minimum absolute atomic E-state index is 0.0202. The second-order valence-electron chi connectivity index (χ2n) is 6.57. The molecule has 8 heteroatoms. The van der Waals surface area contributed by atoms with Crippen LogP contribution in [-0.2, 0) is 16.9 Å². The zero-order valence-corrected chi connectivity index (χ0v) is 15.2. The van der Waals surface area contributed by atoms with Crippen molar-refractivity contribution in [2.45, 2.75) is 25.9 Å². The van der Waals surface area contributed by atoms with E-state index in [0.717, 1.165) is 10.5 Å². The summed E-state index contributed by atoms with van der Waals surface area (Å²) in [6.07, 6.45) is 0. The molecule has 1 fully saturated rings. The van der Waals surface area contributed by atoms with Gasteiger partial charge in [0, 0.05) is 17.7 Å². The van der Waals surface area contributed by atoms with Crippen LogP contribution >= 0.6 is 0 Å². The molecule has 1 unspecified atom stereocenters. The highest BCUT2D eigenvalue weighted by molar-refractivity contribution is 6.07. The van der Waals surface area contributed by atoms with Gasteiger partial charge >= 0.3 is 6.03 Å². The molecule has 1 saturated heterocycles. The Morgan fingerprint density at radius 1 is 1.19 bits per heavy atom. The van der Waals surface area contributed by atoms with Gasteiger partial charge < -0.3 is 10.1 Å². The number of non-ortho nitro benzene ring substituents is 1. The van der Waals surface area contributed by atoms with Gasteiger partial charge in [-0.25, -0.2) is 4.79 Å². The van der Waals surface area contributed by atoms with E-state index < -0.39 is 22.4 Å². The standard InChI is InChI=1S/C19H19N3O5/c1-12-4-9-16(27-3)15(10-12)19(2)17(23)21(18(24)20-19)11-13-5-7-14(8-6-13)22(25)26/h4-10H,11H2,1-3H3,(H,20,24). The Balaban J connectivity index is 1.90. The van der Waals surface area contributed by atoms with Crippen molar-refractivity contribution in [2.24, 2.45) is 0 Å². The monoisotopic (exact) mass is 369 g/mol. The molecule has 27 heavy (non-hydrogen) atoms. The number of imide groups is 1. The van der Waals surface area contributed by atoms with Gasteiger partial charge in [0.2, 0.25) is 0 Å². The van der Waals surface area contributed by atoms with Crippen LogP contribution < -0.4 is 10.1 Å². The number of methoxy groups -OCH3 is 1. The SMILES string of the molecule is COc1ccc(C)cc1C1(C)NC(=O)N(Cc2ccc([N+](=O)[O-])cc2)C1=O. The van der Waals surface area contributed by atoms with Gasteiger partial charge in [-0.15, -0.1) is 0 Å². The van der Waals surface area contributed by atoms with E-state index in [9.17, 15) is 19.7 Å². The highest BCUT2D eigenvalue weighted by atomic mass is 16.6. The third-order valence-electron chi connectivity index (χ3n) is 4.66. The fourth-order valence-corrected chi connectivity index (χ4v) is 3.14. The van der Waals surface area contributed by atoms with Gasteiger partial charge in [0.15, 0.2) is 0 Å². The lowest BCUT2D eigenvalue weighted by atomic mass is 9.90. The summed E-state index contributed by atoms with van der Waals surface area (Å²) in [5.41, 5.74) is 0.821. The third kappa shape index (κ3) is 3.21. The number of hydrogen-bond donors (Lipinski definition) is 1. The predicted molar refractivity (Wildman–Crippen MR) is 97.3 cm³/mol. The topological polar surface area (TPSA) is 102 Å². The Labute approximate surface area is 155 Å². The number of nitrogens with one attached hydrogen (secondary N) is 1. The van der Waals surface area contributed by atoms with E-state index in [0.29, 0.717) is 16.9 Å². The lowest BCUT2D eigenvalue weighted by Gasteiger charge is -2.24. The van der Waals surface area contributed by atoms with Crippen molar-refractivity contribution in [1.29, 1.82) is 0 Å². The highest BCUT2D eigenvalue weighted by Crippen LogP contribution is 2.36. The maximum absolute atomic E-state index is 13.1. The molecule has 1 N–H and O–H groups in total. The predicted octanol–water partition coefficient (Wildman–Crippen LogP) is 2.88. The Bertz CT molecular complexity index is 925. The number of nitro groups is 1. The normalized spacial score (nSPS) is 19.1. The lowest BCUT2D eigenvalue weighted by molar-refractivity contribution is -0.384. The van der Waals surface area contributed by atoms with Crippen molar-refractivity contribution in [1.82, 2.24) is 10.2 Å². The van der Waals surface area contributed by atoms with Gasteiger partial charge in [-0.1, -0.05) is 23.8 Å². The Hall–Kier alpha value is -3.42. The molecule has 140 valence electrons. The van der Waals surface area contributed by atoms with Gasteiger partial charge in [-0.05, 0) is 31.5 Å². The first-order valence-corrected chi connectivity index (χ1v) is 8.29. The number of carbonyl (C=O) groups excluding carboxylic acids is 2.